The molecule has 0 aliphatic carbocycles. The monoisotopic (exact) mass is 310 g/mol. The van der Waals surface area contributed by atoms with E-state index in [1.165, 1.54) is 11.3 Å². The second-order valence-electron chi connectivity index (χ2n) is 3.74. The van der Waals surface area contributed by atoms with Gasteiger partial charge in [-0.15, -0.1) is 11.3 Å². The first-order chi connectivity index (χ1) is 7.97. The van der Waals surface area contributed by atoms with Crippen molar-refractivity contribution in [2.75, 3.05) is 11.5 Å². The minimum Gasteiger partial charge on any atom is -0.399 e. The highest BCUT2D eigenvalue weighted by molar-refractivity contribution is 9.11. The smallest absolute Gasteiger partial charge is 0.194 e. The molecule has 0 aliphatic heterocycles. The summed E-state index contributed by atoms with van der Waals surface area (Å²) in [5, 5.41) is 0. The molecule has 5 heteroatoms. The molecule has 0 atom stereocenters. The average Bonchev–Trinajstić information content (AvgIpc) is 2.55. The molecule has 0 aliphatic rings. The molecule has 1 aromatic carbocycles. The van der Waals surface area contributed by atoms with Crippen LogP contribution in [-0.2, 0) is 0 Å². The molecule has 0 spiro atoms. The highest BCUT2D eigenvalue weighted by Gasteiger charge is 2.15. The van der Waals surface area contributed by atoms with Crippen LogP contribution in [-0.4, -0.2) is 5.78 Å². The number of thiophene rings is 1. The maximum Gasteiger partial charge on any atom is 0.194 e. The minimum atomic E-state index is -0.0524. The van der Waals surface area contributed by atoms with Gasteiger partial charge in [0.1, 0.15) is 0 Å². The molecule has 0 bridgehead atoms. The standard InChI is InChI=1S/C12H11BrN2OS/c1-6-10(5-11(13)17-6)12(16)7-2-8(14)4-9(15)3-7/h2-5H,14-15H2,1H3. The van der Waals surface area contributed by atoms with Crippen molar-refractivity contribution in [2.24, 2.45) is 0 Å². The Hall–Kier alpha value is -1.33. The Morgan fingerprint density at radius 3 is 2.24 bits per heavy atom. The van der Waals surface area contributed by atoms with Gasteiger partial charge in [-0.1, -0.05) is 0 Å². The lowest BCUT2D eigenvalue weighted by atomic mass is 10.0. The highest BCUT2D eigenvalue weighted by atomic mass is 79.9. The molecule has 2 rings (SSSR count). The van der Waals surface area contributed by atoms with Crippen LogP contribution >= 0.6 is 27.3 Å². The van der Waals surface area contributed by atoms with Crippen LogP contribution in [0.2, 0.25) is 0 Å². The number of nitrogen functional groups attached to an aromatic ring is 2. The number of hydrogen-bond donors (Lipinski definition) is 2. The van der Waals surface area contributed by atoms with Crippen LogP contribution in [0, 0.1) is 6.92 Å². The number of anilines is 2. The molecule has 4 N–H and O–H groups in total. The summed E-state index contributed by atoms with van der Waals surface area (Å²) in [6, 6.07) is 6.74. The van der Waals surface area contributed by atoms with Gasteiger partial charge in [-0.2, -0.15) is 0 Å². The van der Waals surface area contributed by atoms with Crippen LogP contribution in [0.1, 0.15) is 20.8 Å². The fourth-order valence-corrected chi connectivity index (χ4v) is 3.32. The Kier molecular flexibility index (Phi) is 3.22. The van der Waals surface area contributed by atoms with Crippen LogP contribution in [0.3, 0.4) is 0 Å². The second kappa shape index (κ2) is 4.50. The number of benzene rings is 1. The summed E-state index contributed by atoms with van der Waals surface area (Å²) in [6.07, 6.45) is 0. The largest absolute Gasteiger partial charge is 0.399 e. The SMILES string of the molecule is Cc1sc(Br)cc1C(=O)c1cc(N)cc(N)c1. The van der Waals surface area contributed by atoms with E-state index in [-0.39, 0.29) is 5.78 Å². The summed E-state index contributed by atoms with van der Waals surface area (Å²) < 4.78 is 0.940. The number of halogens is 1. The Labute approximate surface area is 112 Å². The molecular weight excluding hydrogens is 300 g/mol. The molecule has 0 fully saturated rings. The number of nitrogens with two attached hydrogens (primary N) is 2. The zero-order chi connectivity index (χ0) is 12.6. The summed E-state index contributed by atoms with van der Waals surface area (Å²) >= 11 is 4.90. The van der Waals surface area contributed by atoms with Gasteiger partial charge in [-0.25, -0.2) is 0 Å². The van der Waals surface area contributed by atoms with Crippen molar-refractivity contribution in [1.82, 2.24) is 0 Å². The molecule has 0 unspecified atom stereocenters. The van der Waals surface area contributed by atoms with Gasteiger partial charge in [0.05, 0.1) is 3.79 Å². The summed E-state index contributed by atoms with van der Waals surface area (Å²) in [6.45, 7) is 1.91. The first-order valence-corrected chi connectivity index (χ1v) is 6.55. The summed E-state index contributed by atoms with van der Waals surface area (Å²) in [4.78, 5) is 13.2. The fourth-order valence-electron chi connectivity index (χ4n) is 1.63. The van der Waals surface area contributed by atoms with Gasteiger partial charge in [0.15, 0.2) is 5.78 Å². The van der Waals surface area contributed by atoms with E-state index >= 15 is 0 Å². The van der Waals surface area contributed by atoms with Crippen molar-refractivity contribution in [2.45, 2.75) is 6.92 Å². The van der Waals surface area contributed by atoms with E-state index in [4.69, 9.17) is 11.5 Å². The molecule has 1 aromatic heterocycles. The summed E-state index contributed by atoms with van der Waals surface area (Å²) in [7, 11) is 0. The van der Waals surface area contributed by atoms with Gasteiger partial charge in [-0.05, 0) is 47.1 Å². The van der Waals surface area contributed by atoms with Crippen LogP contribution in [0.4, 0.5) is 11.4 Å². The van der Waals surface area contributed by atoms with Crippen molar-refractivity contribution in [3.05, 3.63) is 44.1 Å². The molecule has 17 heavy (non-hydrogen) atoms. The summed E-state index contributed by atoms with van der Waals surface area (Å²) in [5.74, 6) is -0.0524. The summed E-state index contributed by atoms with van der Waals surface area (Å²) in [5.41, 5.74) is 13.6. The Morgan fingerprint density at radius 2 is 1.76 bits per heavy atom. The minimum absolute atomic E-state index is 0.0524. The molecule has 88 valence electrons. The van der Waals surface area contributed by atoms with Gasteiger partial charge < -0.3 is 11.5 Å². The lowest BCUT2D eigenvalue weighted by Crippen LogP contribution is -2.03. The first kappa shape index (κ1) is 12.1. The highest BCUT2D eigenvalue weighted by Crippen LogP contribution is 2.28. The molecule has 2 aromatic rings. The zero-order valence-electron chi connectivity index (χ0n) is 9.16. The number of rotatable bonds is 2. The van der Waals surface area contributed by atoms with E-state index in [9.17, 15) is 4.79 Å². The third kappa shape index (κ3) is 2.50. The topological polar surface area (TPSA) is 69.1 Å². The molecule has 0 amide bonds. The van der Waals surface area contributed by atoms with Crippen LogP contribution in [0.15, 0.2) is 28.1 Å². The molecule has 1 heterocycles. The molecular formula is C12H11BrN2OS. The maximum atomic E-state index is 12.3. The zero-order valence-corrected chi connectivity index (χ0v) is 11.6. The fraction of sp³-hybridized carbons (Fsp3) is 0.0833. The van der Waals surface area contributed by atoms with Gasteiger partial charge >= 0.3 is 0 Å². The third-order valence-corrected chi connectivity index (χ3v) is 3.93. The van der Waals surface area contributed by atoms with Crippen molar-refractivity contribution in [1.29, 1.82) is 0 Å². The van der Waals surface area contributed by atoms with Gasteiger partial charge in [0.2, 0.25) is 0 Å². The Morgan fingerprint density at radius 1 is 1.18 bits per heavy atom. The maximum absolute atomic E-state index is 12.3. The van der Waals surface area contributed by atoms with Crippen molar-refractivity contribution < 1.29 is 4.79 Å². The van der Waals surface area contributed by atoms with Gasteiger partial charge in [0.25, 0.3) is 0 Å². The van der Waals surface area contributed by atoms with Crippen LogP contribution in [0.5, 0.6) is 0 Å². The lowest BCUT2D eigenvalue weighted by Gasteiger charge is -2.03. The van der Waals surface area contributed by atoms with Crippen molar-refractivity contribution in [3.8, 4) is 0 Å². The third-order valence-electron chi connectivity index (χ3n) is 2.37. The van der Waals surface area contributed by atoms with Crippen LogP contribution in [0.25, 0.3) is 0 Å². The predicted molar refractivity (Wildman–Crippen MR) is 75.5 cm³/mol. The van der Waals surface area contributed by atoms with Crippen molar-refractivity contribution >= 4 is 44.4 Å². The molecule has 0 saturated carbocycles. The van der Waals surface area contributed by atoms with E-state index in [0.29, 0.717) is 22.5 Å². The van der Waals surface area contributed by atoms with Crippen LogP contribution < -0.4 is 11.5 Å². The van der Waals surface area contributed by atoms with E-state index in [2.05, 4.69) is 15.9 Å². The van der Waals surface area contributed by atoms with E-state index in [0.717, 1.165) is 8.66 Å². The van der Waals surface area contributed by atoms with E-state index < -0.39 is 0 Å². The molecule has 0 radical (unpaired) electrons. The number of ketones is 1. The van der Waals surface area contributed by atoms with Gasteiger partial charge in [0, 0.05) is 27.4 Å². The normalized spacial score (nSPS) is 10.5. The first-order valence-electron chi connectivity index (χ1n) is 4.94. The van der Waals surface area contributed by atoms with Gasteiger partial charge in [-0.3, -0.25) is 4.79 Å². The predicted octanol–water partition coefficient (Wildman–Crippen LogP) is 3.21. The quantitative estimate of drug-likeness (QED) is 0.661. The van der Waals surface area contributed by atoms with Crippen molar-refractivity contribution in [3.63, 3.8) is 0 Å². The average molecular weight is 311 g/mol. The van der Waals surface area contributed by atoms with E-state index in [1.807, 2.05) is 13.0 Å². The lowest BCUT2D eigenvalue weighted by molar-refractivity contribution is 0.103. The second-order valence-corrected chi connectivity index (χ2v) is 6.37. The number of carbonyl (C=O) groups excluding carboxylic acids is 1. The number of carbonyl (C=O) groups is 1. The molecule has 0 saturated heterocycles. The molecule has 3 nitrogen and oxygen atoms in total. The number of aryl methyl sites for hydroxylation is 1. The Bertz CT molecular complexity index is 572. The Balaban J connectivity index is 2.47. The number of hydrogen-bond acceptors (Lipinski definition) is 4. The van der Waals surface area contributed by atoms with E-state index in [1.54, 1.807) is 18.2 Å².